The van der Waals surface area contributed by atoms with Crippen LogP contribution in [0.1, 0.15) is 35.6 Å². The number of piperidine rings is 1. The number of benzene rings is 1. The van der Waals surface area contributed by atoms with E-state index >= 15 is 0 Å². The van der Waals surface area contributed by atoms with Gasteiger partial charge in [0.15, 0.2) is 5.60 Å². The van der Waals surface area contributed by atoms with E-state index in [-0.39, 0.29) is 11.9 Å². The van der Waals surface area contributed by atoms with E-state index in [2.05, 4.69) is 29.7 Å². The second-order valence-electron chi connectivity index (χ2n) is 6.30. The molecule has 1 aromatic carbocycles. The zero-order chi connectivity index (χ0) is 17.0. The van der Waals surface area contributed by atoms with E-state index in [1.807, 2.05) is 37.3 Å². The van der Waals surface area contributed by atoms with E-state index in [9.17, 15) is 4.79 Å². The summed E-state index contributed by atoms with van der Waals surface area (Å²) >= 11 is 1.72. The van der Waals surface area contributed by atoms with Gasteiger partial charge in [-0.3, -0.25) is 4.79 Å². The summed E-state index contributed by atoms with van der Waals surface area (Å²) in [5.41, 5.74) is -0.798. The summed E-state index contributed by atoms with van der Waals surface area (Å²) < 4.78 is 6.20. The molecule has 1 atom stereocenters. The van der Waals surface area contributed by atoms with Crippen molar-refractivity contribution in [2.24, 2.45) is 0 Å². The Morgan fingerprint density at radius 2 is 1.92 bits per heavy atom. The van der Waals surface area contributed by atoms with Crippen LogP contribution in [0.4, 0.5) is 0 Å². The molecule has 2 aromatic rings. The second kappa shape index (κ2) is 7.36. The minimum Gasteiger partial charge on any atom is -0.477 e. The molecule has 128 valence electrons. The standard InChI is InChI=1S/C19H24N2O2S/c1-14-8-9-17(24-14)15(2)21-18(22)19(10-12-20-13-11-19)23-16-6-4-3-5-7-16/h3-9,15,20H,10-13H2,1-2H3,(H,21,22)/t15-/m1/s1. The molecule has 0 saturated carbocycles. The van der Waals surface area contributed by atoms with E-state index in [0.717, 1.165) is 18.8 Å². The van der Waals surface area contributed by atoms with Crippen LogP contribution in [0.3, 0.4) is 0 Å². The fourth-order valence-corrected chi connectivity index (χ4v) is 3.89. The number of thiophene rings is 1. The van der Waals surface area contributed by atoms with Crippen LogP contribution in [-0.2, 0) is 4.79 Å². The summed E-state index contributed by atoms with van der Waals surface area (Å²) in [6.07, 6.45) is 1.34. The Balaban J connectivity index is 1.76. The van der Waals surface area contributed by atoms with Gasteiger partial charge in [0.05, 0.1) is 6.04 Å². The highest BCUT2D eigenvalue weighted by molar-refractivity contribution is 7.12. The number of amides is 1. The van der Waals surface area contributed by atoms with E-state index in [1.165, 1.54) is 9.75 Å². The van der Waals surface area contributed by atoms with Gasteiger partial charge in [0.25, 0.3) is 5.91 Å². The molecule has 1 amide bonds. The fourth-order valence-electron chi connectivity index (χ4n) is 3.01. The molecule has 0 spiro atoms. The molecule has 5 heteroatoms. The van der Waals surface area contributed by atoms with Gasteiger partial charge in [-0.15, -0.1) is 11.3 Å². The number of carbonyl (C=O) groups is 1. The van der Waals surface area contributed by atoms with Crippen LogP contribution in [0.5, 0.6) is 5.75 Å². The predicted octanol–water partition coefficient (Wildman–Crippen LogP) is 3.43. The summed E-state index contributed by atoms with van der Waals surface area (Å²) in [6, 6.07) is 13.8. The fraction of sp³-hybridized carbons (Fsp3) is 0.421. The van der Waals surface area contributed by atoms with Crippen LogP contribution >= 0.6 is 11.3 Å². The van der Waals surface area contributed by atoms with Crippen LogP contribution in [0.15, 0.2) is 42.5 Å². The normalized spacial score (nSPS) is 17.9. The number of para-hydroxylation sites is 1. The minimum atomic E-state index is -0.798. The zero-order valence-corrected chi connectivity index (χ0v) is 15.0. The number of hydrogen-bond acceptors (Lipinski definition) is 4. The summed E-state index contributed by atoms with van der Waals surface area (Å²) in [5.74, 6) is 0.723. The summed E-state index contributed by atoms with van der Waals surface area (Å²) in [6.45, 7) is 5.68. The van der Waals surface area contributed by atoms with E-state index in [0.29, 0.717) is 12.8 Å². The van der Waals surface area contributed by atoms with Gasteiger partial charge in [-0.1, -0.05) is 18.2 Å². The number of rotatable bonds is 5. The lowest BCUT2D eigenvalue weighted by molar-refractivity contribution is -0.140. The van der Waals surface area contributed by atoms with Gasteiger partial charge in [-0.2, -0.15) is 0 Å². The molecule has 1 saturated heterocycles. The first-order valence-electron chi connectivity index (χ1n) is 8.41. The number of ether oxygens (including phenoxy) is 1. The molecule has 24 heavy (non-hydrogen) atoms. The molecule has 1 aliphatic rings. The maximum Gasteiger partial charge on any atom is 0.264 e. The SMILES string of the molecule is Cc1ccc([C@@H](C)NC(=O)C2(Oc3ccccc3)CCNCC2)s1. The average molecular weight is 344 g/mol. The average Bonchev–Trinajstić information content (AvgIpc) is 3.03. The topological polar surface area (TPSA) is 50.4 Å². The number of carbonyl (C=O) groups excluding carboxylic acids is 1. The van der Waals surface area contributed by atoms with Crippen molar-refractivity contribution in [2.75, 3.05) is 13.1 Å². The van der Waals surface area contributed by atoms with Crippen LogP contribution in [0.25, 0.3) is 0 Å². The van der Waals surface area contributed by atoms with Gasteiger partial charge >= 0.3 is 0 Å². The molecular weight excluding hydrogens is 320 g/mol. The monoisotopic (exact) mass is 344 g/mol. The zero-order valence-electron chi connectivity index (χ0n) is 14.2. The lowest BCUT2D eigenvalue weighted by Crippen LogP contribution is -2.56. The summed E-state index contributed by atoms with van der Waals surface area (Å²) in [7, 11) is 0. The van der Waals surface area contributed by atoms with E-state index < -0.39 is 5.60 Å². The lowest BCUT2D eigenvalue weighted by atomic mass is 9.90. The van der Waals surface area contributed by atoms with E-state index in [4.69, 9.17) is 4.74 Å². The summed E-state index contributed by atoms with van der Waals surface area (Å²) in [4.78, 5) is 15.5. The van der Waals surface area contributed by atoms with Crippen LogP contribution < -0.4 is 15.4 Å². The maximum atomic E-state index is 13.1. The molecule has 4 nitrogen and oxygen atoms in total. The van der Waals surface area contributed by atoms with Crippen molar-refractivity contribution >= 4 is 17.2 Å². The minimum absolute atomic E-state index is 0.0117. The molecule has 1 aliphatic heterocycles. The van der Waals surface area contributed by atoms with Gasteiger partial charge < -0.3 is 15.4 Å². The smallest absolute Gasteiger partial charge is 0.264 e. The Labute approximate surface area is 147 Å². The van der Waals surface area contributed by atoms with Gasteiger partial charge in [-0.25, -0.2) is 0 Å². The highest BCUT2D eigenvalue weighted by Gasteiger charge is 2.42. The molecule has 0 bridgehead atoms. The molecule has 0 unspecified atom stereocenters. The van der Waals surface area contributed by atoms with Crippen molar-refractivity contribution in [3.05, 3.63) is 52.2 Å². The third kappa shape index (κ3) is 3.79. The molecule has 3 rings (SSSR count). The second-order valence-corrected chi connectivity index (χ2v) is 7.62. The first-order valence-corrected chi connectivity index (χ1v) is 9.23. The number of hydrogen-bond donors (Lipinski definition) is 2. The van der Waals surface area contributed by atoms with Crippen molar-refractivity contribution in [3.8, 4) is 5.75 Å². The molecular formula is C19H24N2O2S. The van der Waals surface area contributed by atoms with Crippen molar-refractivity contribution < 1.29 is 9.53 Å². The predicted molar refractivity (Wildman–Crippen MR) is 97.5 cm³/mol. The third-order valence-electron chi connectivity index (χ3n) is 4.42. The molecule has 2 heterocycles. The largest absolute Gasteiger partial charge is 0.477 e. The van der Waals surface area contributed by atoms with Crippen molar-refractivity contribution in [1.29, 1.82) is 0 Å². The van der Waals surface area contributed by atoms with Gasteiger partial charge in [0, 0.05) is 22.6 Å². The lowest BCUT2D eigenvalue weighted by Gasteiger charge is -2.37. The highest BCUT2D eigenvalue weighted by atomic mass is 32.1. The van der Waals surface area contributed by atoms with Crippen molar-refractivity contribution in [3.63, 3.8) is 0 Å². The van der Waals surface area contributed by atoms with Crippen molar-refractivity contribution in [1.82, 2.24) is 10.6 Å². The van der Waals surface area contributed by atoms with Crippen LogP contribution in [0, 0.1) is 6.92 Å². The Morgan fingerprint density at radius 1 is 1.21 bits per heavy atom. The van der Waals surface area contributed by atoms with Crippen molar-refractivity contribution in [2.45, 2.75) is 38.3 Å². The Bertz CT molecular complexity index is 678. The van der Waals surface area contributed by atoms with Gasteiger partial charge in [0.1, 0.15) is 5.75 Å². The first-order chi connectivity index (χ1) is 11.6. The molecule has 1 fully saturated rings. The molecule has 2 N–H and O–H groups in total. The molecule has 0 aliphatic carbocycles. The molecule has 0 radical (unpaired) electrons. The molecule has 1 aromatic heterocycles. The first kappa shape index (κ1) is 17.0. The Morgan fingerprint density at radius 3 is 2.54 bits per heavy atom. The Hall–Kier alpha value is -1.85. The number of nitrogens with one attached hydrogen (secondary N) is 2. The third-order valence-corrected chi connectivity index (χ3v) is 5.60. The van der Waals surface area contributed by atoms with E-state index in [1.54, 1.807) is 11.3 Å². The van der Waals surface area contributed by atoms with Crippen LogP contribution in [0.2, 0.25) is 0 Å². The number of aryl methyl sites for hydroxylation is 1. The summed E-state index contributed by atoms with van der Waals surface area (Å²) in [5, 5.41) is 6.47. The van der Waals surface area contributed by atoms with Gasteiger partial charge in [0.2, 0.25) is 0 Å². The maximum absolute atomic E-state index is 13.1. The van der Waals surface area contributed by atoms with Gasteiger partial charge in [-0.05, 0) is 51.2 Å². The van der Waals surface area contributed by atoms with Crippen LogP contribution in [-0.4, -0.2) is 24.6 Å². The highest BCUT2D eigenvalue weighted by Crippen LogP contribution is 2.29. The Kier molecular flexibility index (Phi) is 5.21. The quantitative estimate of drug-likeness (QED) is 0.874.